The maximum atomic E-state index is 12.7. The first-order valence-electron chi connectivity index (χ1n) is 13.0. The van der Waals surface area contributed by atoms with Crippen LogP contribution in [-0.2, 0) is 4.79 Å². The van der Waals surface area contributed by atoms with Crippen molar-refractivity contribution in [1.29, 1.82) is 0 Å². The van der Waals surface area contributed by atoms with E-state index < -0.39 is 0 Å². The van der Waals surface area contributed by atoms with Crippen molar-refractivity contribution in [2.24, 2.45) is 0 Å². The molecule has 3 aromatic carbocycles. The van der Waals surface area contributed by atoms with Crippen molar-refractivity contribution in [3.05, 3.63) is 93.7 Å². The van der Waals surface area contributed by atoms with Gasteiger partial charge < -0.3 is 14.6 Å². The fourth-order valence-corrected chi connectivity index (χ4v) is 5.11. The second-order valence-electron chi connectivity index (χ2n) is 9.47. The lowest BCUT2D eigenvalue weighted by molar-refractivity contribution is -0.111. The number of nitrogens with one attached hydrogen (secondary N) is 1. The van der Waals surface area contributed by atoms with Crippen LogP contribution in [0.1, 0.15) is 30.7 Å². The van der Waals surface area contributed by atoms with Crippen molar-refractivity contribution in [2.45, 2.75) is 27.7 Å². The summed E-state index contributed by atoms with van der Waals surface area (Å²) < 4.78 is 5.84. The third-order valence-corrected chi connectivity index (χ3v) is 7.12. The highest BCUT2D eigenvalue weighted by Crippen LogP contribution is 2.29. The number of rotatable bonds is 8. The van der Waals surface area contributed by atoms with Gasteiger partial charge in [-0.3, -0.25) is 4.79 Å². The predicted molar refractivity (Wildman–Crippen MR) is 164 cm³/mol. The molecule has 0 radical (unpaired) electrons. The third kappa shape index (κ3) is 5.91. The van der Waals surface area contributed by atoms with Crippen molar-refractivity contribution < 1.29 is 9.21 Å². The normalized spacial score (nSPS) is 11.4. The van der Waals surface area contributed by atoms with Crippen LogP contribution in [0, 0.1) is 13.8 Å². The molecule has 9 heteroatoms. The molecule has 0 unspecified atom stereocenters. The van der Waals surface area contributed by atoms with Gasteiger partial charge >= 0.3 is 0 Å². The Morgan fingerprint density at radius 2 is 1.62 bits per heavy atom. The minimum Gasteiger partial charge on any atom is -0.457 e. The number of aryl methyl sites for hydroxylation is 2. The van der Waals surface area contributed by atoms with Crippen molar-refractivity contribution in [1.82, 2.24) is 15.0 Å². The number of hydrogen-bond acceptors (Lipinski definition) is 5. The number of amides is 1. The fraction of sp³-hybridized carbons (Fsp3) is 0.194. The Kier molecular flexibility index (Phi) is 7.96. The maximum Gasteiger partial charge on any atom is 0.248 e. The zero-order chi connectivity index (χ0) is 28.4. The molecule has 40 heavy (non-hydrogen) atoms. The van der Waals surface area contributed by atoms with Crippen LogP contribution in [0.4, 0.5) is 11.4 Å². The molecule has 0 atom stereocenters. The van der Waals surface area contributed by atoms with Crippen LogP contribution < -0.4 is 10.2 Å². The monoisotopic (exact) mass is 573 g/mol. The lowest BCUT2D eigenvalue weighted by Crippen LogP contribution is -2.21. The summed E-state index contributed by atoms with van der Waals surface area (Å²) in [5.74, 6) is 0.840. The zero-order valence-corrected chi connectivity index (χ0v) is 24.2. The molecule has 2 heterocycles. The minimum atomic E-state index is -0.290. The molecule has 0 aliphatic rings. The van der Waals surface area contributed by atoms with Crippen LogP contribution in [0.5, 0.6) is 0 Å². The second-order valence-corrected chi connectivity index (χ2v) is 10.3. The molecule has 0 aliphatic heterocycles. The average Bonchev–Trinajstić information content (AvgIpc) is 3.55. The Bertz CT molecular complexity index is 1710. The van der Waals surface area contributed by atoms with Crippen molar-refractivity contribution in [2.75, 3.05) is 23.3 Å². The predicted octanol–water partition coefficient (Wildman–Crippen LogP) is 8.10. The number of benzene rings is 3. The van der Waals surface area contributed by atoms with E-state index in [1.165, 1.54) is 11.8 Å². The van der Waals surface area contributed by atoms with E-state index in [0.717, 1.165) is 41.0 Å². The van der Waals surface area contributed by atoms with E-state index in [-0.39, 0.29) is 5.91 Å². The van der Waals surface area contributed by atoms with E-state index in [9.17, 15) is 4.79 Å². The molecule has 0 saturated heterocycles. The molecule has 0 saturated carbocycles. The van der Waals surface area contributed by atoms with Gasteiger partial charge in [-0.15, -0.1) is 10.2 Å². The number of carbonyl (C=O) groups excluding carboxylic acids is 1. The first-order chi connectivity index (χ1) is 19.2. The van der Waals surface area contributed by atoms with E-state index in [2.05, 4.69) is 43.1 Å². The summed E-state index contributed by atoms with van der Waals surface area (Å²) in [4.78, 5) is 16.7. The highest BCUT2D eigenvalue weighted by molar-refractivity contribution is 6.35. The van der Waals surface area contributed by atoms with Gasteiger partial charge in [0.1, 0.15) is 22.6 Å². The summed E-state index contributed by atoms with van der Waals surface area (Å²) >= 11 is 12.2. The van der Waals surface area contributed by atoms with Crippen LogP contribution in [0.15, 0.2) is 71.2 Å². The SMILES string of the molecule is CCN(CC)c1ccc(-n2nc3cc(C)c(NC(=O)/C=C/c4ccc(-c5cc(Cl)cc(Cl)c5)o4)cc3n2)c(C)c1. The van der Waals surface area contributed by atoms with E-state index in [1.807, 2.05) is 25.1 Å². The van der Waals surface area contributed by atoms with Crippen LogP contribution in [-0.4, -0.2) is 34.0 Å². The van der Waals surface area contributed by atoms with Crippen LogP contribution in [0.2, 0.25) is 10.0 Å². The number of carbonyl (C=O) groups is 1. The molecule has 1 amide bonds. The van der Waals surface area contributed by atoms with Gasteiger partial charge in [0.25, 0.3) is 0 Å². The summed E-state index contributed by atoms with van der Waals surface area (Å²) in [7, 11) is 0. The smallest absolute Gasteiger partial charge is 0.248 e. The van der Waals surface area contributed by atoms with Gasteiger partial charge in [0, 0.05) is 46.1 Å². The van der Waals surface area contributed by atoms with Crippen LogP contribution >= 0.6 is 23.2 Å². The van der Waals surface area contributed by atoms with E-state index in [4.69, 9.17) is 37.8 Å². The van der Waals surface area contributed by atoms with Gasteiger partial charge in [-0.1, -0.05) is 23.2 Å². The number of furan rings is 1. The van der Waals surface area contributed by atoms with E-state index in [0.29, 0.717) is 32.8 Å². The lowest BCUT2D eigenvalue weighted by atomic mass is 10.1. The Morgan fingerprint density at radius 1 is 0.925 bits per heavy atom. The van der Waals surface area contributed by atoms with Gasteiger partial charge in [0.15, 0.2) is 0 Å². The number of halogens is 2. The number of fused-ring (bicyclic) bond motifs is 1. The van der Waals surface area contributed by atoms with Crippen molar-refractivity contribution in [3.63, 3.8) is 0 Å². The first-order valence-corrected chi connectivity index (χ1v) is 13.8. The molecule has 0 aliphatic carbocycles. The molecule has 7 nitrogen and oxygen atoms in total. The van der Waals surface area contributed by atoms with Crippen molar-refractivity contribution >= 4 is 57.6 Å². The Morgan fingerprint density at radius 3 is 2.30 bits per heavy atom. The van der Waals surface area contributed by atoms with Gasteiger partial charge in [0.2, 0.25) is 5.91 Å². The molecule has 0 fully saturated rings. The number of aromatic nitrogens is 3. The lowest BCUT2D eigenvalue weighted by Gasteiger charge is -2.22. The largest absolute Gasteiger partial charge is 0.457 e. The molecule has 2 aromatic heterocycles. The van der Waals surface area contributed by atoms with Gasteiger partial charge in [0.05, 0.1) is 5.69 Å². The van der Waals surface area contributed by atoms with Crippen LogP contribution in [0.3, 0.4) is 0 Å². The van der Waals surface area contributed by atoms with Gasteiger partial charge in [-0.05, 0) is 106 Å². The number of hydrogen-bond donors (Lipinski definition) is 1. The summed E-state index contributed by atoms with van der Waals surface area (Å²) in [6.45, 7) is 10.2. The molecule has 5 aromatic rings. The summed E-state index contributed by atoms with van der Waals surface area (Å²) in [6.07, 6.45) is 3.04. The molecule has 1 N–H and O–H groups in total. The minimum absolute atomic E-state index is 0.290. The maximum absolute atomic E-state index is 12.7. The standard InChI is InChI=1S/C31H29Cl2N5O2/c1-5-37(6-2)24-7-10-29(20(4)13-24)38-35-27-14-19(3)26(18-28(27)36-38)34-31(39)12-9-25-8-11-30(40-25)21-15-22(32)17-23(33)16-21/h7-18H,5-6H2,1-4H3,(H,34,39)/b12-9+. The first kappa shape index (κ1) is 27.5. The van der Waals surface area contributed by atoms with Crippen LogP contribution in [0.25, 0.3) is 34.1 Å². The van der Waals surface area contributed by atoms with Crippen molar-refractivity contribution in [3.8, 4) is 17.0 Å². The summed E-state index contributed by atoms with van der Waals surface area (Å²) in [5.41, 5.74) is 6.92. The van der Waals surface area contributed by atoms with Gasteiger partial charge in [-0.25, -0.2) is 0 Å². The third-order valence-electron chi connectivity index (χ3n) is 6.68. The quantitative estimate of drug-likeness (QED) is 0.190. The molecule has 204 valence electrons. The molecular formula is C31H29Cl2N5O2. The molecule has 0 spiro atoms. The summed E-state index contributed by atoms with van der Waals surface area (Å²) in [6, 6.07) is 18.8. The highest BCUT2D eigenvalue weighted by atomic mass is 35.5. The van der Waals surface area contributed by atoms with Gasteiger partial charge in [-0.2, -0.15) is 4.80 Å². The molecule has 5 rings (SSSR count). The highest BCUT2D eigenvalue weighted by Gasteiger charge is 2.13. The summed E-state index contributed by atoms with van der Waals surface area (Å²) in [5, 5.41) is 13.4. The Hall–Kier alpha value is -4.07. The number of nitrogens with zero attached hydrogens (tertiary/aromatic N) is 4. The zero-order valence-electron chi connectivity index (χ0n) is 22.7. The average molecular weight is 575 g/mol. The Balaban J connectivity index is 1.32. The fourth-order valence-electron chi connectivity index (χ4n) is 4.59. The topological polar surface area (TPSA) is 76.2 Å². The second kappa shape index (κ2) is 11.6. The van der Waals surface area contributed by atoms with E-state index >= 15 is 0 Å². The number of anilines is 2. The van der Waals surface area contributed by atoms with E-state index in [1.54, 1.807) is 41.2 Å². The molecule has 0 bridgehead atoms. The molecular weight excluding hydrogens is 545 g/mol. The Labute approximate surface area is 243 Å².